The fraction of sp³-hybridized carbons (Fsp3) is 0.750. The van der Waals surface area contributed by atoms with Gasteiger partial charge in [0.1, 0.15) is 0 Å². The van der Waals surface area contributed by atoms with Crippen LogP contribution in [0.5, 0.6) is 0 Å². The minimum Gasteiger partial charge on any atom is -0.348 e. The van der Waals surface area contributed by atoms with Crippen LogP contribution in [0.3, 0.4) is 0 Å². The summed E-state index contributed by atoms with van der Waals surface area (Å²) in [5.74, 6) is 0.843. The third kappa shape index (κ3) is 2.32. The first-order valence-electron chi connectivity index (χ1n) is 6.36. The molecule has 0 radical (unpaired) electrons. The van der Waals surface area contributed by atoms with Gasteiger partial charge in [-0.3, -0.25) is 4.57 Å². The quantitative estimate of drug-likeness (QED) is 0.771. The maximum atomic E-state index is 12.2. The van der Waals surface area contributed by atoms with E-state index in [1.165, 1.54) is 22.0 Å². The molecule has 1 fully saturated rings. The Bertz CT molecular complexity index is 538. The number of nitrogens with zero attached hydrogens (tertiary/aromatic N) is 4. The fourth-order valence-corrected chi connectivity index (χ4v) is 2.58. The first kappa shape index (κ1) is 12.9. The van der Waals surface area contributed by atoms with Gasteiger partial charge >= 0.3 is 11.4 Å². The summed E-state index contributed by atoms with van der Waals surface area (Å²) in [4.78, 5) is 29.7. The molecular formula is C12H20N4O2. The van der Waals surface area contributed by atoms with E-state index >= 15 is 0 Å². The van der Waals surface area contributed by atoms with Crippen LogP contribution in [0, 0.1) is 5.92 Å². The van der Waals surface area contributed by atoms with E-state index < -0.39 is 5.69 Å². The van der Waals surface area contributed by atoms with Gasteiger partial charge in [0, 0.05) is 27.7 Å². The van der Waals surface area contributed by atoms with Crippen molar-refractivity contribution >= 4 is 5.95 Å². The highest BCUT2D eigenvalue weighted by molar-refractivity contribution is 5.25. The molecule has 0 aromatic carbocycles. The van der Waals surface area contributed by atoms with Crippen LogP contribution in [0.4, 0.5) is 5.95 Å². The molecule has 1 aromatic heterocycles. The lowest BCUT2D eigenvalue weighted by molar-refractivity contribution is 0.420. The number of hydrogen-bond donors (Lipinski definition) is 0. The summed E-state index contributed by atoms with van der Waals surface area (Å²) in [6.45, 7) is 0.506. The molecule has 1 aliphatic carbocycles. The molecule has 0 unspecified atom stereocenters. The smallest absolute Gasteiger partial charge is 0.348 e. The molecule has 0 atom stereocenters. The third-order valence-electron chi connectivity index (χ3n) is 3.56. The van der Waals surface area contributed by atoms with E-state index in [1.807, 2.05) is 0 Å². The van der Waals surface area contributed by atoms with Crippen LogP contribution in [-0.2, 0) is 13.6 Å². The second-order valence-corrected chi connectivity index (χ2v) is 5.19. The second kappa shape index (κ2) is 4.96. The third-order valence-corrected chi connectivity index (χ3v) is 3.56. The van der Waals surface area contributed by atoms with E-state index in [2.05, 4.69) is 4.98 Å². The standard InChI is InChI=1S/C12H20N4O2/c1-14(2)10-13-11(17)16(12(18)15(10)3)8-9-6-4-5-7-9/h9H,4-8H2,1-3H3. The highest BCUT2D eigenvalue weighted by atomic mass is 16.2. The van der Waals surface area contributed by atoms with Gasteiger partial charge in [-0.1, -0.05) is 12.8 Å². The Morgan fingerprint density at radius 2 is 1.89 bits per heavy atom. The van der Waals surface area contributed by atoms with E-state index in [4.69, 9.17) is 0 Å². The molecule has 2 rings (SSSR count). The van der Waals surface area contributed by atoms with Crippen LogP contribution in [0.2, 0.25) is 0 Å². The maximum Gasteiger partial charge on any atom is 0.354 e. The van der Waals surface area contributed by atoms with Gasteiger partial charge in [-0.15, -0.1) is 0 Å². The summed E-state index contributed by atoms with van der Waals surface area (Å²) in [5.41, 5.74) is -0.709. The van der Waals surface area contributed by atoms with Crippen LogP contribution in [-0.4, -0.2) is 28.2 Å². The van der Waals surface area contributed by atoms with Crippen molar-refractivity contribution in [1.82, 2.24) is 14.1 Å². The van der Waals surface area contributed by atoms with Gasteiger partial charge in [0.25, 0.3) is 0 Å². The summed E-state index contributed by atoms with van der Waals surface area (Å²) >= 11 is 0. The van der Waals surface area contributed by atoms with E-state index in [9.17, 15) is 9.59 Å². The van der Waals surface area contributed by atoms with Crippen molar-refractivity contribution in [2.75, 3.05) is 19.0 Å². The van der Waals surface area contributed by atoms with E-state index in [0.29, 0.717) is 18.4 Å². The van der Waals surface area contributed by atoms with Crippen LogP contribution in [0.15, 0.2) is 9.59 Å². The zero-order valence-electron chi connectivity index (χ0n) is 11.2. The van der Waals surface area contributed by atoms with Crippen LogP contribution >= 0.6 is 0 Å². The fourth-order valence-electron chi connectivity index (χ4n) is 2.58. The monoisotopic (exact) mass is 252 g/mol. The summed E-state index contributed by atoms with van der Waals surface area (Å²) in [5, 5.41) is 0. The van der Waals surface area contributed by atoms with Gasteiger partial charge in [0.05, 0.1) is 0 Å². The van der Waals surface area contributed by atoms with E-state index in [-0.39, 0.29) is 5.69 Å². The molecule has 0 saturated heterocycles. The molecule has 18 heavy (non-hydrogen) atoms. The normalized spacial score (nSPS) is 16.2. The summed E-state index contributed by atoms with van der Waals surface area (Å²) < 4.78 is 2.69. The number of rotatable bonds is 3. The molecule has 0 aliphatic heterocycles. The molecule has 1 heterocycles. The van der Waals surface area contributed by atoms with Gasteiger partial charge in [0.15, 0.2) is 0 Å². The highest BCUT2D eigenvalue weighted by Crippen LogP contribution is 2.25. The predicted octanol–water partition coefficient (Wildman–Crippen LogP) is 0.198. The minimum atomic E-state index is -0.436. The Hall–Kier alpha value is -1.59. The molecule has 6 nitrogen and oxygen atoms in total. The van der Waals surface area contributed by atoms with Crippen molar-refractivity contribution in [3.8, 4) is 0 Å². The molecular weight excluding hydrogens is 232 g/mol. The van der Waals surface area contributed by atoms with Crippen LogP contribution in [0.25, 0.3) is 0 Å². The van der Waals surface area contributed by atoms with Gasteiger partial charge < -0.3 is 4.90 Å². The molecule has 0 amide bonds. The predicted molar refractivity (Wildman–Crippen MR) is 70.0 cm³/mol. The largest absolute Gasteiger partial charge is 0.354 e. The zero-order valence-corrected chi connectivity index (χ0v) is 11.2. The first-order chi connectivity index (χ1) is 8.50. The second-order valence-electron chi connectivity index (χ2n) is 5.19. The van der Waals surface area contributed by atoms with Crippen molar-refractivity contribution < 1.29 is 0 Å². The maximum absolute atomic E-state index is 12.2. The topological polar surface area (TPSA) is 60.1 Å². The summed E-state index contributed by atoms with van der Waals surface area (Å²) in [6, 6.07) is 0. The van der Waals surface area contributed by atoms with Gasteiger partial charge in [-0.2, -0.15) is 4.98 Å². The number of hydrogen-bond acceptors (Lipinski definition) is 4. The molecule has 6 heteroatoms. The van der Waals surface area contributed by atoms with Gasteiger partial charge in [-0.05, 0) is 18.8 Å². The number of aromatic nitrogens is 3. The Morgan fingerprint density at radius 1 is 1.28 bits per heavy atom. The molecule has 0 N–H and O–H groups in total. The van der Waals surface area contributed by atoms with E-state index in [1.54, 1.807) is 26.0 Å². The molecule has 0 bridgehead atoms. The Morgan fingerprint density at radius 3 is 2.44 bits per heavy atom. The lowest BCUT2D eigenvalue weighted by Crippen LogP contribution is -2.43. The first-order valence-corrected chi connectivity index (χ1v) is 6.36. The average Bonchev–Trinajstić information content (AvgIpc) is 2.81. The molecule has 1 aromatic rings. The lowest BCUT2D eigenvalue weighted by atomic mass is 10.1. The van der Waals surface area contributed by atoms with Crippen molar-refractivity contribution in [2.24, 2.45) is 13.0 Å². The van der Waals surface area contributed by atoms with Crippen LogP contribution in [0.1, 0.15) is 25.7 Å². The molecule has 1 saturated carbocycles. The van der Waals surface area contributed by atoms with Gasteiger partial charge in [-0.25, -0.2) is 14.2 Å². The summed E-state index contributed by atoms with van der Waals surface area (Å²) in [6.07, 6.45) is 4.60. The molecule has 100 valence electrons. The summed E-state index contributed by atoms with van der Waals surface area (Å²) in [7, 11) is 5.18. The molecule has 1 aliphatic rings. The Balaban J connectivity index is 2.39. The zero-order chi connectivity index (χ0) is 13.3. The van der Waals surface area contributed by atoms with Gasteiger partial charge in [0.2, 0.25) is 5.95 Å². The number of anilines is 1. The van der Waals surface area contributed by atoms with Crippen molar-refractivity contribution in [2.45, 2.75) is 32.2 Å². The minimum absolute atomic E-state index is 0.273. The van der Waals surface area contributed by atoms with Crippen molar-refractivity contribution in [3.63, 3.8) is 0 Å². The average molecular weight is 252 g/mol. The van der Waals surface area contributed by atoms with Crippen LogP contribution < -0.4 is 16.3 Å². The SMILES string of the molecule is CN(C)c1nc(=O)n(CC2CCCC2)c(=O)n1C. The highest BCUT2D eigenvalue weighted by Gasteiger charge is 2.19. The van der Waals surface area contributed by atoms with Crippen molar-refractivity contribution in [1.29, 1.82) is 0 Å². The Labute approximate surface area is 106 Å². The Kier molecular flexibility index (Phi) is 3.54. The lowest BCUT2D eigenvalue weighted by Gasteiger charge is -2.17. The molecule has 0 spiro atoms. The van der Waals surface area contributed by atoms with E-state index in [0.717, 1.165) is 12.8 Å². The van der Waals surface area contributed by atoms with Crippen molar-refractivity contribution in [3.05, 3.63) is 21.0 Å².